The number of ether oxygens (including phenoxy) is 1. The standard InChI is InChI=1S/C21H16BrCl2NO2/c22-15-6-9-20(27-11-10-14-4-2-1-3-5-14)17(12-15)21(26)25-19-13-16(23)7-8-18(19)24/h1-9,12-13H,10-11H2,(H,25,26). The van der Waals surface area contributed by atoms with Gasteiger partial charge in [0.05, 0.1) is 22.9 Å². The fraction of sp³-hybridized carbons (Fsp3) is 0.0952. The van der Waals surface area contributed by atoms with Crippen LogP contribution < -0.4 is 10.1 Å². The zero-order valence-electron chi connectivity index (χ0n) is 14.2. The van der Waals surface area contributed by atoms with E-state index in [2.05, 4.69) is 21.2 Å². The summed E-state index contributed by atoms with van der Waals surface area (Å²) in [4.78, 5) is 12.8. The van der Waals surface area contributed by atoms with E-state index in [1.165, 1.54) is 5.56 Å². The molecule has 0 spiro atoms. The van der Waals surface area contributed by atoms with Crippen LogP contribution in [0.25, 0.3) is 0 Å². The molecule has 0 aliphatic heterocycles. The smallest absolute Gasteiger partial charge is 0.259 e. The second-order valence-electron chi connectivity index (χ2n) is 5.80. The number of halogens is 3. The number of hydrogen-bond acceptors (Lipinski definition) is 2. The first kappa shape index (κ1) is 19.7. The Morgan fingerprint density at radius 2 is 1.78 bits per heavy atom. The van der Waals surface area contributed by atoms with Crippen LogP contribution in [0.5, 0.6) is 5.75 Å². The molecule has 3 aromatic rings. The Morgan fingerprint density at radius 1 is 1.00 bits per heavy atom. The summed E-state index contributed by atoms with van der Waals surface area (Å²) < 4.78 is 6.65. The van der Waals surface area contributed by atoms with E-state index in [0.29, 0.717) is 33.7 Å². The van der Waals surface area contributed by atoms with Gasteiger partial charge in [0, 0.05) is 15.9 Å². The molecule has 1 N–H and O–H groups in total. The molecule has 3 nitrogen and oxygen atoms in total. The van der Waals surface area contributed by atoms with Gasteiger partial charge in [-0.3, -0.25) is 4.79 Å². The van der Waals surface area contributed by atoms with Gasteiger partial charge in [0.1, 0.15) is 5.75 Å². The van der Waals surface area contributed by atoms with Gasteiger partial charge in [0.15, 0.2) is 0 Å². The molecule has 138 valence electrons. The first-order valence-electron chi connectivity index (χ1n) is 8.25. The van der Waals surface area contributed by atoms with Crippen LogP contribution in [0, 0.1) is 0 Å². The number of rotatable bonds is 6. The minimum Gasteiger partial charge on any atom is -0.492 e. The molecule has 3 rings (SSSR count). The number of hydrogen-bond donors (Lipinski definition) is 1. The molecular formula is C21H16BrCl2NO2. The summed E-state index contributed by atoms with van der Waals surface area (Å²) in [7, 11) is 0. The average molecular weight is 465 g/mol. The maximum Gasteiger partial charge on any atom is 0.259 e. The van der Waals surface area contributed by atoms with E-state index in [0.717, 1.165) is 10.9 Å². The highest BCUT2D eigenvalue weighted by Crippen LogP contribution is 2.28. The van der Waals surface area contributed by atoms with E-state index in [9.17, 15) is 4.79 Å². The van der Waals surface area contributed by atoms with Crippen molar-refractivity contribution in [2.75, 3.05) is 11.9 Å². The molecule has 1 amide bonds. The Labute approximate surface area is 176 Å². The fourth-order valence-electron chi connectivity index (χ4n) is 2.51. The Morgan fingerprint density at radius 3 is 2.56 bits per heavy atom. The maximum atomic E-state index is 12.8. The summed E-state index contributed by atoms with van der Waals surface area (Å²) in [6.45, 7) is 0.462. The summed E-state index contributed by atoms with van der Waals surface area (Å²) in [5.74, 6) is 0.181. The predicted octanol–water partition coefficient (Wildman–Crippen LogP) is 6.63. The lowest BCUT2D eigenvalue weighted by molar-refractivity contribution is 0.102. The van der Waals surface area contributed by atoms with Crippen molar-refractivity contribution in [3.8, 4) is 5.75 Å². The first-order valence-corrected chi connectivity index (χ1v) is 9.80. The molecule has 0 bridgehead atoms. The van der Waals surface area contributed by atoms with Crippen LogP contribution in [-0.4, -0.2) is 12.5 Å². The third-order valence-corrected chi connectivity index (χ3v) is 4.91. The molecule has 0 aliphatic carbocycles. The van der Waals surface area contributed by atoms with Crippen molar-refractivity contribution >= 4 is 50.7 Å². The van der Waals surface area contributed by atoms with E-state index >= 15 is 0 Å². The van der Waals surface area contributed by atoms with Gasteiger partial charge in [-0.2, -0.15) is 0 Å². The lowest BCUT2D eigenvalue weighted by Gasteiger charge is -2.13. The highest BCUT2D eigenvalue weighted by atomic mass is 79.9. The van der Waals surface area contributed by atoms with E-state index in [4.69, 9.17) is 27.9 Å². The maximum absolute atomic E-state index is 12.8. The Kier molecular flexibility index (Phi) is 6.78. The summed E-state index contributed by atoms with van der Waals surface area (Å²) in [6, 6.07) is 20.3. The second-order valence-corrected chi connectivity index (χ2v) is 7.56. The van der Waals surface area contributed by atoms with Crippen molar-refractivity contribution in [1.82, 2.24) is 0 Å². The number of anilines is 1. The minimum absolute atomic E-state index is 0.324. The van der Waals surface area contributed by atoms with E-state index in [-0.39, 0.29) is 5.91 Å². The largest absolute Gasteiger partial charge is 0.492 e. The SMILES string of the molecule is O=C(Nc1cc(Cl)ccc1Cl)c1cc(Br)ccc1OCCc1ccccc1. The molecule has 6 heteroatoms. The van der Waals surface area contributed by atoms with E-state index in [1.54, 1.807) is 30.3 Å². The van der Waals surface area contributed by atoms with Crippen LogP contribution in [0.1, 0.15) is 15.9 Å². The van der Waals surface area contributed by atoms with Gasteiger partial charge in [0.2, 0.25) is 0 Å². The van der Waals surface area contributed by atoms with Crippen LogP contribution in [0.15, 0.2) is 71.2 Å². The summed E-state index contributed by atoms with van der Waals surface area (Å²) in [5, 5.41) is 3.69. The number of carbonyl (C=O) groups excluding carboxylic acids is 1. The van der Waals surface area contributed by atoms with E-state index in [1.807, 2.05) is 36.4 Å². The summed E-state index contributed by atoms with van der Waals surface area (Å²) in [5.41, 5.74) is 2.03. The molecule has 0 heterocycles. The van der Waals surface area contributed by atoms with Gasteiger partial charge in [-0.1, -0.05) is 69.5 Å². The Hall–Kier alpha value is -2.01. The first-order chi connectivity index (χ1) is 13.0. The zero-order chi connectivity index (χ0) is 19.2. The molecule has 0 radical (unpaired) electrons. The monoisotopic (exact) mass is 463 g/mol. The van der Waals surface area contributed by atoms with Crippen LogP contribution in [0.4, 0.5) is 5.69 Å². The van der Waals surface area contributed by atoms with E-state index < -0.39 is 0 Å². The van der Waals surface area contributed by atoms with Gasteiger partial charge in [-0.25, -0.2) is 0 Å². The molecule has 0 atom stereocenters. The molecule has 0 saturated carbocycles. The van der Waals surface area contributed by atoms with Crippen molar-refractivity contribution < 1.29 is 9.53 Å². The third kappa shape index (κ3) is 5.48. The second kappa shape index (κ2) is 9.27. The number of carbonyl (C=O) groups is 1. The highest BCUT2D eigenvalue weighted by molar-refractivity contribution is 9.10. The molecule has 0 aliphatic rings. The van der Waals surface area contributed by atoms with Gasteiger partial charge in [0.25, 0.3) is 5.91 Å². The van der Waals surface area contributed by atoms with Crippen LogP contribution in [0.2, 0.25) is 10.0 Å². The number of amides is 1. The normalized spacial score (nSPS) is 10.5. The van der Waals surface area contributed by atoms with Gasteiger partial charge < -0.3 is 10.1 Å². The molecular weight excluding hydrogens is 449 g/mol. The predicted molar refractivity (Wildman–Crippen MR) is 114 cm³/mol. The molecule has 0 fully saturated rings. The van der Waals surface area contributed by atoms with Crippen molar-refractivity contribution in [3.05, 3.63) is 92.4 Å². The number of benzene rings is 3. The molecule has 3 aromatic carbocycles. The van der Waals surface area contributed by atoms with Crippen LogP contribution in [0.3, 0.4) is 0 Å². The number of nitrogens with one attached hydrogen (secondary N) is 1. The Balaban J connectivity index is 1.74. The molecule has 0 aromatic heterocycles. The van der Waals surface area contributed by atoms with Crippen LogP contribution >= 0.6 is 39.1 Å². The average Bonchev–Trinajstić information content (AvgIpc) is 2.66. The van der Waals surface area contributed by atoms with Crippen LogP contribution in [-0.2, 0) is 6.42 Å². The lowest BCUT2D eigenvalue weighted by Crippen LogP contribution is -2.15. The minimum atomic E-state index is -0.324. The molecule has 27 heavy (non-hydrogen) atoms. The third-order valence-electron chi connectivity index (χ3n) is 3.85. The summed E-state index contributed by atoms with van der Waals surface area (Å²) in [6.07, 6.45) is 0.748. The molecule has 0 unspecified atom stereocenters. The lowest BCUT2D eigenvalue weighted by atomic mass is 10.1. The van der Waals surface area contributed by atoms with Crippen molar-refractivity contribution in [3.63, 3.8) is 0 Å². The van der Waals surface area contributed by atoms with Crippen molar-refractivity contribution in [2.45, 2.75) is 6.42 Å². The fourth-order valence-corrected chi connectivity index (χ4v) is 3.21. The Bertz CT molecular complexity index is 948. The van der Waals surface area contributed by atoms with Gasteiger partial charge in [-0.05, 0) is 42.0 Å². The summed E-state index contributed by atoms with van der Waals surface area (Å²) >= 11 is 15.5. The molecule has 0 saturated heterocycles. The van der Waals surface area contributed by atoms with Crippen molar-refractivity contribution in [1.29, 1.82) is 0 Å². The highest BCUT2D eigenvalue weighted by Gasteiger charge is 2.15. The van der Waals surface area contributed by atoms with Crippen molar-refractivity contribution in [2.24, 2.45) is 0 Å². The van der Waals surface area contributed by atoms with Gasteiger partial charge >= 0.3 is 0 Å². The zero-order valence-corrected chi connectivity index (χ0v) is 17.3. The quantitative estimate of drug-likeness (QED) is 0.444. The van der Waals surface area contributed by atoms with Gasteiger partial charge in [-0.15, -0.1) is 0 Å². The topological polar surface area (TPSA) is 38.3 Å².